The van der Waals surface area contributed by atoms with Crippen LogP contribution in [0.2, 0.25) is 0 Å². The Morgan fingerprint density at radius 1 is 1.27 bits per heavy atom. The number of rotatable bonds is 0. The van der Waals surface area contributed by atoms with E-state index in [4.69, 9.17) is 4.74 Å². The lowest BCUT2D eigenvalue weighted by atomic mass is 10.0. The van der Waals surface area contributed by atoms with Gasteiger partial charge in [0, 0.05) is 3.57 Å². The molecule has 0 aromatic heterocycles. The maximum atomic E-state index is 5.33. The molecule has 0 radical (unpaired) electrons. The molecule has 0 bridgehead atoms. The summed E-state index contributed by atoms with van der Waals surface area (Å²) in [5.74, 6) is 0. The molecule has 1 aromatic carbocycles. The first-order valence-corrected chi connectivity index (χ1v) is 4.79. The Kier molecular flexibility index (Phi) is 2.13. The molecule has 0 aliphatic carbocycles. The molecule has 0 saturated carbocycles. The molecule has 1 nitrogen and oxygen atoms in total. The van der Waals surface area contributed by atoms with Crippen molar-refractivity contribution in [3.63, 3.8) is 0 Å². The average molecular weight is 260 g/mol. The zero-order valence-corrected chi connectivity index (χ0v) is 8.30. The quantitative estimate of drug-likeness (QED) is 0.651. The third-order valence-corrected chi connectivity index (χ3v) is 2.61. The van der Waals surface area contributed by atoms with Crippen LogP contribution in [0.15, 0.2) is 18.2 Å². The summed E-state index contributed by atoms with van der Waals surface area (Å²) >= 11 is 2.35. The lowest BCUT2D eigenvalue weighted by molar-refractivity contribution is 0.110. The van der Waals surface area contributed by atoms with E-state index in [0.29, 0.717) is 0 Å². The van der Waals surface area contributed by atoms with Gasteiger partial charge in [-0.15, -0.1) is 0 Å². The second-order valence-electron chi connectivity index (χ2n) is 2.72. The van der Waals surface area contributed by atoms with E-state index in [9.17, 15) is 0 Å². The second kappa shape index (κ2) is 3.11. The maximum Gasteiger partial charge on any atom is 0.0719 e. The van der Waals surface area contributed by atoms with E-state index in [1.165, 1.54) is 14.7 Å². The molecule has 1 aliphatic rings. The van der Waals surface area contributed by atoms with Crippen molar-refractivity contribution in [2.24, 2.45) is 0 Å². The van der Waals surface area contributed by atoms with Gasteiger partial charge in [-0.3, -0.25) is 0 Å². The first-order chi connectivity index (χ1) is 5.36. The van der Waals surface area contributed by atoms with Crippen LogP contribution in [0.4, 0.5) is 0 Å². The van der Waals surface area contributed by atoms with E-state index in [0.717, 1.165) is 19.6 Å². The highest BCUT2D eigenvalue weighted by Gasteiger charge is 2.08. The normalized spacial score (nSPS) is 16.1. The third-order valence-electron chi connectivity index (χ3n) is 1.94. The SMILES string of the molecule is Ic1ccc2c(c1)CCOC2. The van der Waals surface area contributed by atoms with Gasteiger partial charge in [-0.25, -0.2) is 0 Å². The van der Waals surface area contributed by atoms with Gasteiger partial charge in [0.1, 0.15) is 0 Å². The van der Waals surface area contributed by atoms with E-state index in [2.05, 4.69) is 40.8 Å². The average Bonchev–Trinajstić information content (AvgIpc) is 2.04. The third kappa shape index (κ3) is 1.56. The van der Waals surface area contributed by atoms with Crippen LogP contribution in [-0.4, -0.2) is 6.61 Å². The van der Waals surface area contributed by atoms with Gasteiger partial charge in [-0.2, -0.15) is 0 Å². The predicted molar refractivity (Wildman–Crippen MR) is 52.5 cm³/mol. The highest BCUT2D eigenvalue weighted by molar-refractivity contribution is 14.1. The van der Waals surface area contributed by atoms with Crippen LogP contribution in [0, 0.1) is 3.57 Å². The van der Waals surface area contributed by atoms with Gasteiger partial charge in [0.05, 0.1) is 13.2 Å². The van der Waals surface area contributed by atoms with Crippen molar-refractivity contribution in [2.75, 3.05) is 6.61 Å². The fraction of sp³-hybridized carbons (Fsp3) is 0.333. The van der Waals surface area contributed by atoms with Crippen molar-refractivity contribution in [1.82, 2.24) is 0 Å². The number of fused-ring (bicyclic) bond motifs is 1. The van der Waals surface area contributed by atoms with Gasteiger partial charge in [0.2, 0.25) is 0 Å². The molecular formula is C9H9IO. The minimum atomic E-state index is 0.798. The smallest absolute Gasteiger partial charge is 0.0719 e. The Morgan fingerprint density at radius 3 is 3.09 bits per heavy atom. The van der Waals surface area contributed by atoms with E-state index < -0.39 is 0 Å². The van der Waals surface area contributed by atoms with Crippen molar-refractivity contribution in [3.05, 3.63) is 32.9 Å². The van der Waals surface area contributed by atoms with E-state index in [-0.39, 0.29) is 0 Å². The van der Waals surface area contributed by atoms with Crippen LogP contribution in [-0.2, 0) is 17.8 Å². The second-order valence-corrected chi connectivity index (χ2v) is 3.96. The monoisotopic (exact) mass is 260 g/mol. The predicted octanol–water partition coefficient (Wildman–Crippen LogP) is 2.36. The molecule has 11 heavy (non-hydrogen) atoms. The van der Waals surface area contributed by atoms with Crippen LogP contribution < -0.4 is 0 Å². The van der Waals surface area contributed by atoms with Crippen LogP contribution >= 0.6 is 22.6 Å². The van der Waals surface area contributed by atoms with Crippen molar-refractivity contribution < 1.29 is 4.74 Å². The zero-order chi connectivity index (χ0) is 7.68. The number of hydrogen-bond donors (Lipinski definition) is 0. The van der Waals surface area contributed by atoms with E-state index >= 15 is 0 Å². The highest BCUT2D eigenvalue weighted by Crippen LogP contribution is 2.18. The summed E-state index contributed by atoms with van der Waals surface area (Å²) in [6.45, 7) is 1.68. The van der Waals surface area contributed by atoms with Gasteiger partial charge < -0.3 is 4.74 Å². The molecule has 0 unspecified atom stereocenters. The van der Waals surface area contributed by atoms with Crippen LogP contribution in [0.5, 0.6) is 0 Å². The summed E-state index contributed by atoms with van der Waals surface area (Å²) in [6.07, 6.45) is 1.08. The van der Waals surface area contributed by atoms with Crippen molar-refractivity contribution in [2.45, 2.75) is 13.0 Å². The minimum absolute atomic E-state index is 0.798. The molecule has 0 atom stereocenters. The summed E-state index contributed by atoms with van der Waals surface area (Å²) in [6, 6.07) is 6.54. The van der Waals surface area contributed by atoms with Crippen LogP contribution in [0.3, 0.4) is 0 Å². The van der Waals surface area contributed by atoms with Crippen LogP contribution in [0.1, 0.15) is 11.1 Å². The summed E-state index contributed by atoms with van der Waals surface area (Å²) < 4.78 is 6.66. The summed E-state index contributed by atoms with van der Waals surface area (Å²) in [7, 11) is 0. The Morgan fingerprint density at radius 2 is 2.18 bits per heavy atom. The van der Waals surface area contributed by atoms with Crippen molar-refractivity contribution >= 4 is 22.6 Å². The van der Waals surface area contributed by atoms with Crippen molar-refractivity contribution in [3.8, 4) is 0 Å². The Labute approximate surface area is 79.9 Å². The molecule has 1 heterocycles. The van der Waals surface area contributed by atoms with Crippen molar-refractivity contribution in [1.29, 1.82) is 0 Å². The van der Waals surface area contributed by atoms with Gasteiger partial charge in [-0.05, 0) is 52.3 Å². The lowest BCUT2D eigenvalue weighted by Gasteiger charge is -2.15. The molecule has 0 saturated heterocycles. The fourth-order valence-electron chi connectivity index (χ4n) is 1.33. The van der Waals surface area contributed by atoms with Gasteiger partial charge in [0.25, 0.3) is 0 Å². The number of ether oxygens (including phenoxy) is 1. The van der Waals surface area contributed by atoms with Gasteiger partial charge >= 0.3 is 0 Å². The lowest BCUT2D eigenvalue weighted by Crippen LogP contribution is -2.09. The van der Waals surface area contributed by atoms with E-state index in [1.807, 2.05) is 0 Å². The number of benzene rings is 1. The van der Waals surface area contributed by atoms with E-state index in [1.54, 1.807) is 0 Å². The Bertz CT molecular complexity index is 270. The maximum absolute atomic E-state index is 5.33. The molecule has 2 heteroatoms. The molecule has 0 spiro atoms. The standard InChI is InChI=1S/C9H9IO/c10-9-2-1-8-6-11-4-3-7(8)5-9/h1-2,5H,3-4,6H2. The molecule has 1 aliphatic heterocycles. The topological polar surface area (TPSA) is 9.23 Å². The molecule has 2 rings (SSSR count). The molecule has 58 valence electrons. The Hall–Kier alpha value is -0.0900. The molecule has 1 aromatic rings. The van der Waals surface area contributed by atoms with Crippen LogP contribution in [0.25, 0.3) is 0 Å². The highest BCUT2D eigenvalue weighted by atomic mass is 127. The molecule has 0 N–H and O–H groups in total. The summed E-state index contributed by atoms with van der Waals surface area (Å²) in [5, 5.41) is 0. The zero-order valence-electron chi connectivity index (χ0n) is 6.14. The molecule has 0 fully saturated rings. The van der Waals surface area contributed by atoms with Gasteiger partial charge in [0.15, 0.2) is 0 Å². The number of halogens is 1. The molecule has 0 amide bonds. The Balaban J connectivity index is 2.43. The first kappa shape index (κ1) is 7.55. The van der Waals surface area contributed by atoms with Gasteiger partial charge in [-0.1, -0.05) is 6.07 Å². The fourth-order valence-corrected chi connectivity index (χ4v) is 1.89. The minimum Gasteiger partial charge on any atom is -0.376 e. The first-order valence-electron chi connectivity index (χ1n) is 3.71. The molecular weight excluding hydrogens is 251 g/mol. The number of hydrogen-bond acceptors (Lipinski definition) is 1. The summed E-state index contributed by atoms with van der Waals surface area (Å²) in [4.78, 5) is 0. The summed E-state index contributed by atoms with van der Waals surface area (Å²) in [5.41, 5.74) is 2.82. The largest absolute Gasteiger partial charge is 0.376 e.